The molecule has 0 aromatic carbocycles. The zero-order valence-electron chi connectivity index (χ0n) is 12.3. The van der Waals surface area contributed by atoms with Gasteiger partial charge in [-0.05, 0) is 64.5 Å². The van der Waals surface area contributed by atoms with Gasteiger partial charge >= 0.3 is 0 Å². The zero-order valence-corrected chi connectivity index (χ0v) is 12.3. The first-order valence-electron chi connectivity index (χ1n) is 7.09. The molecule has 0 spiro atoms. The molecule has 0 heterocycles. The number of allylic oxidation sites excluding steroid dienone is 6. The van der Waals surface area contributed by atoms with Crippen LogP contribution in [0.4, 0.5) is 0 Å². The molecule has 0 saturated heterocycles. The van der Waals surface area contributed by atoms with E-state index in [1.54, 1.807) is 6.92 Å². The fraction of sp³-hybridized carbons (Fsp3) is 0.588. The van der Waals surface area contributed by atoms with Gasteiger partial charge in [-0.3, -0.25) is 4.79 Å². The third-order valence-electron chi connectivity index (χ3n) is 3.94. The number of carbonyl (C=O) groups excluding carboxylic acids is 1. The van der Waals surface area contributed by atoms with Gasteiger partial charge in [-0.25, -0.2) is 0 Å². The Morgan fingerprint density at radius 3 is 2.33 bits per heavy atom. The van der Waals surface area contributed by atoms with Crippen molar-refractivity contribution in [1.29, 1.82) is 0 Å². The van der Waals surface area contributed by atoms with E-state index >= 15 is 0 Å². The molecule has 0 aromatic heterocycles. The molecule has 0 amide bonds. The number of hydrogen-bond donors (Lipinski definition) is 0. The van der Waals surface area contributed by atoms with E-state index in [2.05, 4.69) is 26.8 Å². The highest BCUT2D eigenvalue weighted by atomic mass is 16.1. The lowest BCUT2D eigenvalue weighted by Gasteiger charge is -2.12. The first-order valence-corrected chi connectivity index (χ1v) is 7.09. The van der Waals surface area contributed by atoms with Gasteiger partial charge in [-0.2, -0.15) is 0 Å². The van der Waals surface area contributed by atoms with Gasteiger partial charge in [0, 0.05) is 5.57 Å². The number of hydrogen-bond acceptors (Lipinski definition) is 1. The molecular formula is C17H26O. The Morgan fingerprint density at radius 2 is 1.67 bits per heavy atom. The normalized spacial score (nSPS) is 29.3. The summed E-state index contributed by atoms with van der Waals surface area (Å²) in [6.07, 6.45) is 11.6. The molecule has 1 aliphatic rings. The highest BCUT2D eigenvalue weighted by Crippen LogP contribution is 2.23. The van der Waals surface area contributed by atoms with Gasteiger partial charge in [0.05, 0.1) is 0 Å². The predicted molar refractivity (Wildman–Crippen MR) is 78.6 cm³/mol. The fourth-order valence-corrected chi connectivity index (χ4v) is 2.42. The predicted octanol–water partition coefficient (Wildman–Crippen LogP) is 5.14. The molecule has 0 radical (unpaired) electrons. The Kier molecular flexibility index (Phi) is 6.11. The van der Waals surface area contributed by atoms with Gasteiger partial charge in [-0.1, -0.05) is 30.6 Å². The molecule has 18 heavy (non-hydrogen) atoms. The van der Waals surface area contributed by atoms with Gasteiger partial charge in [0.1, 0.15) is 0 Å². The van der Waals surface area contributed by atoms with Crippen LogP contribution in [0.5, 0.6) is 0 Å². The monoisotopic (exact) mass is 246 g/mol. The molecule has 0 aliphatic heterocycles. The average molecular weight is 246 g/mol. The molecule has 0 atom stereocenters. The molecule has 0 bridgehead atoms. The van der Waals surface area contributed by atoms with Gasteiger partial charge < -0.3 is 0 Å². The summed E-state index contributed by atoms with van der Waals surface area (Å²) in [5, 5.41) is 0. The Balaban J connectivity index is 3.14. The van der Waals surface area contributed by atoms with E-state index < -0.39 is 0 Å². The van der Waals surface area contributed by atoms with E-state index in [1.807, 2.05) is 6.08 Å². The van der Waals surface area contributed by atoms with Crippen LogP contribution in [0.25, 0.3) is 0 Å². The largest absolute Gasteiger partial charge is 0.295 e. The van der Waals surface area contributed by atoms with Crippen molar-refractivity contribution in [2.75, 3.05) is 0 Å². The maximum atomic E-state index is 11.7. The number of rotatable bonds is 1. The van der Waals surface area contributed by atoms with Crippen molar-refractivity contribution in [2.24, 2.45) is 0 Å². The third kappa shape index (κ3) is 4.29. The summed E-state index contributed by atoms with van der Waals surface area (Å²) < 4.78 is 0. The molecule has 1 nitrogen and oxygen atoms in total. The summed E-state index contributed by atoms with van der Waals surface area (Å²) in [5.74, 6) is 0.174. The minimum absolute atomic E-state index is 0.174. The van der Waals surface area contributed by atoms with Gasteiger partial charge in [0.25, 0.3) is 0 Å². The van der Waals surface area contributed by atoms with Crippen molar-refractivity contribution >= 4 is 5.78 Å². The molecule has 1 rings (SSSR count). The van der Waals surface area contributed by atoms with E-state index in [9.17, 15) is 4.79 Å². The van der Waals surface area contributed by atoms with Crippen molar-refractivity contribution < 1.29 is 4.79 Å². The molecule has 100 valence electrons. The first-order chi connectivity index (χ1) is 8.54. The maximum Gasteiger partial charge on any atom is 0.160 e. The van der Waals surface area contributed by atoms with Crippen LogP contribution in [0.2, 0.25) is 0 Å². The molecule has 0 unspecified atom stereocenters. The summed E-state index contributed by atoms with van der Waals surface area (Å²) in [6.45, 7) is 8.09. The highest BCUT2D eigenvalue weighted by molar-refractivity contribution is 5.97. The fourth-order valence-electron chi connectivity index (χ4n) is 2.42. The number of carbonyl (C=O) groups is 1. The number of Topliss-reactive ketones (excluding diaryl/α,β-unsaturated/α-hetero) is 1. The molecule has 0 N–H and O–H groups in total. The highest BCUT2D eigenvalue weighted by Gasteiger charge is 2.09. The van der Waals surface area contributed by atoms with E-state index in [1.165, 1.54) is 36.8 Å². The van der Waals surface area contributed by atoms with Crippen molar-refractivity contribution in [3.63, 3.8) is 0 Å². The van der Waals surface area contributed by atoms with Gasteiger partial charge in [0.15, 0.2) is 5.78 Å². The molecule has 1 heteroatoms. The van der Waals surface area contributed by atoms with E-state index in [-0.39, 0.29) is 5.78 Å². The second kappa shape index (κ2) is 7.35. The summed E-state index contributed by atoms with van der Waals surface area (Å²) in [6, 6.07) is 0. The van der Waals surface area contributed by atoms with Crippen LogP contribution >= 0.6 is 0 Å². The first kappa shape index (κ1) is 14.9. The number of ketones is 1. The Labute approximate surface area is 112 Å². The van der Waals surface area contributed by atoms with E-state index in [4.69, 9.17) is 0 Å². The van der Waals surface area contributed by atoms with E-state index in [0.29, 0.717) is 0 Å². The average Bonchev–Trinajstić information content (AvgIpc) is 2.33. The lowest BCUT2D eigenvalue weighted by molar-refractivity contribution is -0.113. The van der Waals surface area contributed by atoms with Gasteiger partial charge in [0.2, 0.25) is 0 Å². The van der Waals surface area contributed by atoms with Crippen molar-refractivity contribution in [1.82, 2.24) is 0 Å². The Morgan fingerprint density at radius 1 is 1.00 bits per heavy atom. The van der Waals surface area contributed by atoms with Crippen LogP contribution in [-0.2, 0) is 4.79 Å². The van der Waals surface area contributed by atoms with Crippen molar-refractivity contribution in [2.45, 2.75) is 66.2 Å². The molecular weight excluding hydrogens is 220 g/mol. The SMILES string of the molecule is CC(=O)C1=C(C)/C(C)=C(/C)CCCCCC/C=C\1. The molecule has 0 fully saturated rings. The van der Waals surface area contributed by atoms with Crippen LogP contribution in [0, 0.1) is 0 Å². The standard InChI is InChI=1S/C17H26O/c1-13-11-9-7-5-6-8-10-12-17(16(4)18)15(3)14(13)2/h10,12H,5-9,11H2,1-4H3/b12-10-,14-13-,17-15+. The Hall–Kier alpha value is -1.11. The van der Waals surface area contributed by atoms with Crippen LogP contribution < -0.4 is 0 Å². The second-order valence-electron chi connectivity index (χ2n) is 5.36. The Bertz CT molecular complexity index is 394. The topological polar surface area (TPSA) is 17.1 Å². The van der Waals surface area contributed by atoms with Gasteiger partial charge in [-0.15, -0.1) is 0 Å². The van der Waals surface area contributed by atoms with Crippen LogP contribution in [0.3, 0.4) is 0 Å². The second-order valence-corrected chi connectivity index (χ2v) is 5.36. The summed E-state index contributed by atoms with van der Waals surface area (Å²) >= 11 is 0. The van der Waals surface area contributed by atoms with E-state index in [0.717, 1.165) is 24.0 Å². The lowest BCUT2D eigenvalue weighted by atomic mass is 9.93. The van der Waals surface area contributed by atoms with Crippen molar-refractivity contribution in [3.05, 3.63) is 34.4 Å². The lowest BCUT2D eigenvalue weighted by Crippen LogP contribution is -2.00. The van der Waals surface area contributed by atoms with Crippen LogP contribution in [-0.4, -0.2) is 5.78 Å². The quantitative estimate of drug-likeness (QED) is 0.626. The minimum Gasteiger partial charge on any atom is -0.295 e. The molecule has 1 aliphatic carbocycles. The third-order valence-corrected chi connectivity index (χ3v) is 3.94. The molecule has 0 saturated carbocycles. The summed E-state index contributed by atoms with van der Waals surface area (Å²) in [5.41, 5.74) is 4.76. The van der Waals surface area contributed by atoms with Crippen molar-refractivity contribution in [3.8, 4) is 0 Å². The zero-order chi connectivity index (χ0) is 13.5. The summed E-state index contributed by atoms with van der Waals surface area (Å²) in [4.78, 5) is 11.7. The maximum absolute atomic E-state index is 11.7. The van der Waals surface area contributed by atoms with Crippen LogP contribution in [0.15, 0.2) is 34.4 Å². The molecule has 0 aromatic rings. The van der Waals surface area contributed by atoms with Crippen LogP contribution in [0.1, 0.15) is 66.2 Å². The summed E-state index contributed by atoms with van der Waals surface area (Å²) in [7, 11) is 0. The minimum atomic E-state index is 0.174. The smallest absolute Gasteiger partial charge is 0.160 e.